The Labute approximate surface area is 177 Å². The lowest BCUT2D eigenvalue weighted by Gasteiger charge is -2.35. The van der Waals surface area contributed by atoms with E-state index < -0.39 is 16.1 Å². The number of carbonyl (C=O) groups is 1. The summed E-state index contributed by atoms with van der Waals surface area (Å²) in [6, 6.07) is 23.2. The number of hydrogen-bond donors (Lipinski definition) is 1. The molecule has 5 nitrogen and oxygen atoms in total. The number of nitrogens with one attached hydrogen (secondary N) is 1. The van der Waals surface area contributed by atoms with Crippen molar-refractivity contribution in [3.63, 3.8) is 0 Å². The molecule has 1 aliphatic rings. The van der Waals surface area contributed by atoms with E-state index in [1.165, 1.54) is 4.31 Å². The zero-order chi connectivity index (χ0) is 21.1. The standard InChI is InChI=1S/C24H24N2O3S/c1-18-11-13-22(14-12-18)30(28,29)26-17-21-10-6-5-9-20(21)15-23(26)24(27)25-16-19-7-3-2-4-8-19/h2-14,23H,15-17H2,1H3,(H,25,27)/t23-/m0/s1. The number of aryl methyl sites for hydroxylation is 1. The highest BCUT2D eigenvalue weighted by atomic mass is 32.2. The molecule has 0 aromatic heterocycles. The van der Waals surface area contributed by atoms with Gasteiger partial charge >= 0.3 is 0 Å². The Hall–Kier alpha value is -2.96. The van der Waals surface area contributed by atoms with Crippen molar-refractivity contribution < 1.29 is 13.2 Å². The van der Waals surface area contributed by atoms with Crippen LogP contribution in [0.3, 0.4) is 0 Å². The van der Waals surface area contributed by atoms with Crippen LogP contribution >= 0.6 is 0 Å². The van der Waals surface area contributed by atoms with Gasteiger partial charge in [0.15, 0.2) is 0 Å². The first-order valence-electron chi connectivity index (χ1n) is 9.92. The molecule has 4 rings (SSSR count). The van der Waals surface area contributed by atoms with Crippen LogP contribution < -0.4 is 5.32 Å². The van der Waals surface area contributed by atoms with E-state index in [0.717, 1.165) is 22.3 Å². The topological polar surface area (TPSA) is 66.5 Å². The van der Waals surface area contributed by atoms with E-state index in [4.69, 9.17) is 0 Å². The first kappa shape index (κ1) is 20.3. The lowest BCUT2D eigenvalue weighted by Crippen LogP contribution is -2.52. The largest absolute Gasteiger partial charge is 0.351 e. The number of amides is 1. The Kier molecular flexibility index (Phi) is 5.70. The summed E-state index contributed by atoms with van der Waals surface area (Å²) < 4.78 is 28.2. The summed E-state index contributed by atoms with van der Waals surface area (Å²) >= 11 is 0. The van der Waals surface area contributed by atoms with Gasteiger partial charge in [0.05, 0.1) is 4.90 Å². The third-order valence-electron chi connectivity index (χ3n) is 5.45. The lowest BCUT2D eigenvalue weighted by atomic mass is 9.95. The fourth-order valence-electron chi connectivity index (χ4n) is 3.72. The van der Waals surface area contributed by atoms with E-state index in [2.05, 4.69) is 5.32 Å². The molecule has 3 aromatic rings. The van der Waals surface area contributed by atoms with Gasteiger partial charge in [0.1, 0.15) is 6.04 Å². The van der Waals surface area contributed by atoms with E-state index in [1.54, 1.807) is 24.3 Å². The molecule has 1 amide bonds. The number of fused-ring (bicyclic) bond motifs is 1. The third-order valence-corrected chi connectivity index (χ3v) is 7.31. The first-order chi connectivity index (χ1) is 14.4. The average Bonchev–Trinajstić information content (AvgIpc) is 2.77. The molecule has 0 aliphatic carbocycles. The van der Waals surface area contributed by atoms with Crippen molar-refractivity contribution >= 4 is 15.9 Å². The SMILES string of the molecule is Cc1ccc(S(=O)(=O)N2Cc3ccccc3C[C@H]2C(=O)NCc2ccccc2)cc1. The molecule has 0 saturated heterocycles. The number of hydrogen-bond acceptors (Lipinski definition) is 3. The fourth-order valence-corrected chi connectivity index (χ4v) is 5.29. The first-order valence-corrected chi connectivity index (χ1v) is 11.4. The molecule has 0 spiro atoms. The van der Waals surface area contributed by atoms with Crippen LogP contribution in [0.15, 0.2) is 83.8 Å². The van der Waals surface area contributed by atoms with Crippen LogP contribution in [0.2, 0.25) is 0 Å². The summed E-state index contributed by atoms with van der Waals surface area (Å²) in [5.74, 6) is -0.288. The molecule has 0 radical (unpaired) electrons. The van der Waals surface area contributed by atoms with Crippen molar-refractivity contribution in [3.8, 4) is 0 Å². The van der Waals surface area contributed by atoms with Gasteiger partial charge in [-0.3, -0.25) is 4.79 Å². The summed E-state index contributed by atoms with van der Waals surface area (Å²) in [4.78, 5) is 13.3. The van der Waals surface area contributed by atoms with E-state index in [9.17, 15) is 13.2 Å². The molecular formula is C24H24N2O3S. The van der Waals surface area contributed by atoms with E-state index >= 15 is 0 Å². The highest BCUT2D eigenvalue weighted by Crippen LogP contribution is 2.29. The van der Waals surface area contributed by atoms with Gasteiger partial charge in [-0.05, 0) is 42.2 Å². The maximum absolute atomic E-state index is 13.4. The van der Waals surface area contributed by atoms with Crippen LogP contribution in [0, 0.1) is 6.92 Å². The molecule has 1 heterocycles. The van der Waals surface area contributed by atoms with Crippen LogP contribution in [0.25, 0.3) is 0 Å². The normalized spacial score (nSPS) is 16.6. The summed E-state index contributed by atoms with van der Waals surface area (Å²) in [6.07, 6.45) is 0.349. The molecule has 1 aliphatic heterocycles. The maximum Gasteiger partial charge on any atom is 0.244 e. The van der Waals surface area contributed by atoms with Crippen LogP contribution in [-0.2, 0) is 34.3 Å². The Bertz CT molecular complexity index is 1140. The molecule has 3 aromatic carbocycles. The summed E-state index contributed by atoms with van der Waals surface area (Å²) in [6.45, 7) is 2.44. The Morgan fingerprint density at radius 1 is 0.933 bits per heavy atom. The Morgan fingerprint density at radius 2 is 1.57 bits per heavy atom. The number of benzene rings is 3. The van der Waals surface area contributed by atoms with Gasteiger partial charge < -0.3 is 5.32 Å². The Morgan fingerprint density at radius 3 is 2.27 bits per heavy atom. The molecule has 0 fully saturated rings. The minimum Gasteiger partial charge on any atom is -0.351 e. The maximum atomic E-state index is 13.4. The van der Waals surface area contributed by atoms with E-state index in [1.807, 2.05) is 61.5 Å². The van der Waals surface area contributed by atoms with Crippen molar-refractivity contribution in [2.24, 2.45) is 0 Å². The van der Waals surface area contributed by atoms with E-state index in [0.29, 0.717) is 13.0 Å². The predicted octanol–water partition coefficient (Wildman–Crippen LogP) is 3.43. The second-order valence-electron chi connectivity index (χ2n) is 7.56. The highest BCUT2D eigenvalue weighted by molar-refractivity contribution is 7.89. The summed E-state index contributed by atoms with van der Waals surface area (Å²) in [7, 11) is -3.83. The van der Waals surface area contributed by atoms with Crippen LogP contribution in [0.1, 0.15) is 22.3 Å². The molecule has 154 valence electrons. The molecule has 0 bridgehead atoms. The minimum absolute atomic E-state index is 0.176. The molecule has 1 N–H and O–H groups in total. The van der Waals surface area contributed by atoms with Crippen LogP contribution in [0.4, 0.5) is 0 Å². The monoisotopic (exact) mass is 420 g/mol. The smallest absolute Gasteiger partial charge is 0.244 e. The van der Waals surface area contributed by atoms with Crippen molar-refractivity contribution in [3.05, 3.63) is 101 Å². The van der Waals surface area contributed by atoms with Gasteiger partial charge in [-0.1, -0.05) is 72.3 Å². The van der Waals surface area contributed by atoms with Crippen molar-refractivity contribution in [1.29, 1.82) is 0 Å². The zero-order valence-electron chi connectivity index (χ0n) is 16.8. The third kappa shape index (κ3) is 4.15. The highest BCUT2D eigenvalue weighted by Gasteiger charge is 2.39. The number of carbonyl (C=O) groups excluding carboxylic acids is 1. The average molecular weight is 421 g/mol. The van der Waals surface area contributed by atoms with Gasteiger partial charge in [0.2, 0.25) is 15.9 Å². The van der Waals surface area contributed by atoms with Gasteiger partial charge in [0, 0.05) is 13.1 Å². The molecule has 0 saturated carbocycles. The number of nitrogens with zero attached hydrogens (tertiary/aromatic N) is 1. The quantitative estimate of drug-likeness (QED) is 0.688. The van der Waals surface area contributed by atoms with Gasteiger partial charge in [-0.25, -0.2) is 8.42 Å². The van der Waals surface area contributed by atoms with Crippen molar-refractivity contribution in [2.75, 3.05) is 0 Å². The molecule has 1 atom stereocenters. The molecule has 0 unspecified atom stereocenters. The number of sulfonamides is 1. The number of rotatable bonds is 5. The van der Waals surface area contributed by atoms with Gasteiger partial charge in [0.25, 0.3) is 0 Å². The Balaban J connectivity index is 1.65. The fraction of sp³-hybridized carbons (Fsp3) is 0.208. The van der Waals surface area contributed by atoms with Gasteiger partial charge in [-0.15, -0.1) is 0 Å². The lowest BCUT2D eigenvalue weighted by molar-refractivity contribution is -0.125. The van der Waals surface area contributed by atoms with Crippen molar-refractivity contribution in [1.82, 2.24) is 9.62 Å². The minimum atomic E-state index is -3.83. The van der Waals surface area contributed by atoms with Crippen LogP contribution in [-0.4, -0.2) is 24.7 Å². The van der Waals surface area contributed by atoms with Gasteiger partial charge in [-0.2, -0.15) is 4.31 Å². The predicted molar refractivity (Wildman–Crippen MR) is 116 cm³/mol. The second kappa shape index (κ2) is 8.42. The molecule has 30 heavy (non-hydrogen) atoms. The van der Waals surface area contributed by atoms with E-state index in [-0.39, 0.29) is 17.3 Å². The zero-order valence-corrected chi connectivity index (χ0v) is 17.6. The van der Waals surface area contributed by atoms with Crippen molar-refractivity contribution in [2.45, 2.75) is 37.4 Å². The molecular weight excluding hydrogens is 396 g/mol. The summed E-state index contributed by atoms with van der Waals surface area (Å²) in [5, 5.41) is 2.92. The summed E-state index contributed by atoms with van der Waals surface area (Å²) in [5.41, 5.74) is 3.89. The molecule has 6 heteroatoms. The second-order valence-corrected chi connectivity index (χ2v) is 9.45. The van der Waals surface area contributed by atoms with Crippen LogP contribution in [0.5, 0.6) is 0 Å².